The second kappa shape index (κ2) is 26.4. The minimum Gasteiger partial charge on any atom is -0.444 e. The Hall–Kier alpha value is -0.416. The van der Waals surface area contributed by atoms with E-state index in [0.29, 0.717) is 6.54 Å². The second-order valence-electron chi connectivity index (χ2n) is 20.1. The van der Waals surface area contributed by atoms with Crippen molar-refractivity contribution in [3.63, 3.8) is 0 Å². The molecule has 2 atom stereocenters. The third kappa shape index (κ3) is 25.6. The maximum absolute atomic E-state index is 12.5. The molecule has 6 nitrogen and oxygen atoms in total. The van der Waals surface area contributed by atoms with E-state index in [1.165, 1.54) is 103 Å². The van der Waals surface area contributed by atoms with Crippen molar-refractivity contribution in [3.05, 3.63) is 0 Å². The van der Waals surface area contributed by atoms with Gasteiger partial charge in [0.2, 0.25) is 0 Å². The summed E-state index contributed by atoms with van der Waals surface area (Å²) in [4.78, 5) is 15.1. The van der Waals surface area contributed by atoms with Crippen molar-refractivity contribution >= 4 is 22.7 Å². The Balaban J connectivity index is 6.03. The molecule has 2 unspecified atom stereocenters. The zero-order valence-electron chi connectivity index (χ0n) is 38.0. The highest BCUT2D eigenvalue weighted by Gasteiger charge is 2.41. The van der Waals surface area contributed by atoms with E-state index >= 15 is 0 Å². The van der Waals surface area contributed by atoms with Crippen molar-refractivity contribution < 1.29 is 18.4 Å². The molecule has 0 aliphatic carbocycles. The molecule has 0 aromatic heterocycles. The quantitative estimate of drug-likeness (QED) is 0.0582. The van der Waals surface area contributed by atoms with E-state index in [1.807, 2.05) is 20.8 Å². The number of unbranched alkanes of at least 4 members (excludes halogenated alkanes) is 14. The summed E-state index contributed by atoms with van der Waals surface area (Å²) in [5, 5.41) is 3.34. The number of hydrogen-bond acceptors (Lipinski definition) is 5. The minimum atomic E-state index is -1.97. The molecule has 0 aromatic carbocycles. The Bertz CT molecular complexity index is 838. The zero-order valence-corrected chi connectivity index (χ0v) is 40.0. The topological polar surface area (TPSA) is 60.0 Å². The molecule has 0 rings (SSSR count). The van der Waals surface area contributed by atoms with E-state index in [1.54, 1.807) is 0 Å². The molecule has 312 valence electrons. The van der Waals surface area contributed by atoms with Gasteiger partial charge in [-0.1, -0.05) is 158 Å². The second-order valence-corrected chi connectivity index (χ2v) is 29.6. The lowest BCUT2D eigenvalue weighted by atomic mass is 10.0. The van der Waals surface area contributed by atoms with Gasteiger partial charge in [0, 0.05) is 26.2 Å². The normalized spacial score (nSPS) is 14.5. The number of nitrogens with one attached hydrogen (secondary N) is 1. The number of hydrogen-bond donors (Lipinski definition) is 1. The highest BCUT2D eigenvalue weighted by atomic mass is 28.4. The highest BCUT2D eigenvalue weighted by molar-refractivity contribution is 6.74. The SMILES string of the molecule is CCCCCCCCCCC(CN(CCCNC(=O)OC(C)(C)C)CC(CCCCCCCCCC)O[Si](C)(C)C(C)(C)C)O[Si](C)(C)C(C)(C)C. The number of rotatable bonds is 30. The van der Waals surface area contributed by atoms with Crippen molar-refractivity contribution in [3.8, 4) is 0 Å². The molecule has 0 aliphatic rings. The maximum Gasteiger partial charge on any atom is 0.407 e. The van der Waals surface area contributed by atoms with E-state index in [-0.39, 0.29) is 28.4 Å². The van der Waals surface area contributed by atoms with E-state index in [0.717, 1.165) is 38.9 Å². The fraction of sp³-hybridized carbons (Fsp3) is 0.977. The van der Waals surface area contributed by atoms with Gasteiger partial charge >= 0.3 is 6.09 Å². The first-order valence-electron chi connectivity index (χ1n) is 22.1. The fourth-order valence-corrected chi connectivity index (χ4v) is 8.97. The molecule has 1 amide bonds. The molecule has 0 aliphatic heterocycles. The van der Waals surface area contributed by atoms with Crippen LogP contribution in [0, 0.1) is 0 Å². The van der Waals surface area contributed by atoms with Crippen molar-refractivity contribution in [2.75, 3.05) is 26.2 Å². The molecule has 0 radical (unpaired) electrons. The molecule has 0 aromatic rings. The number of amides is 1. The van der Waals surface area contributed by atoms with Crippen LogP contribution in [-0.2, 0) is 13.6 Å². The Morgan fingerprint density at radius 1 is 0.558 bits per heavy atom. The van der Waals surface area contributed by atoms with Crippen LogP contribution in [0.5, 0.6) is 0 Å². The summed E-state index contributed by atoms with van der Waals surface area (Å²) in [6.07, 6.45) is 24.4. The van der Waals surface area contributed by atoms with Crippen LogP contribution in [0.3, 0.4) is 0 Å². The van der Waals surface area contributed by atoms with Crippen LogP contribution in [0.1, 0.15) is 198 Å². The van der Waals surface area contributed by atoms with Crippen molar-refractivity contribution in [2.24, 2.45) is 0 Å². The summed E-state index contributed by atoms with van der Waals surface area (Å²) in [6, 6.07) is 0. The molecule has 1 N–H and O–H groups in total. The van der Waals surface area contributed by atoms with Gasteiger partial charge in [-0.15, -0.1) is 0 Å². The minimum absolute atomic E-state index is 0.164. The molecule has 8 heteroatoms. The first kappa shape index (κ1) is 51.6. The molecule has 0 saturated carbocycles. The summed E-state index contributed by atoms with van der Waals surface area (Å²) in [5.41, 5.74) is -0.496. The van der Waals surface area contributed by atoms with Crippen LogP contribution in [-0.4, -0.2) is 71.6 Å². The third-order valence-corrected chi connectivity index (χ3v) is 20.6. The van der Waals surface area contributed by atoms with E-state index < -0.39 is 22.2 Å². The predicted molar refractivity (Wildman–Crippen MR) is 234 cm³/mol. The molecule has 52 heavy (non-hydrogen) atoms. The molecule has 0 fully saturated rings. The highest BCUT2D eigenvalue weighted by Crippen LogP contribution is 2.39. The van der Waals surface area contributed by atoms with E-state index in [4.69, 9.17) is 13.6 Å². The molecular weight excluding hydrogens is 677 g/mol. The fourth-order valence-electron chi connectivity index (χ4n) is 6.21. The Morgan fingerprint density at radius 2 is 0.904 bits per heavy atom. The largest absolute Gasteiger partial charge is 0.444 e. The van der Waals surface area contributed by atoms with Gasteiger partial charge in [0.25, 0.3) is 0 Å². The summed E-state index contributed by atoms with van der Waals surface area (Å²) >= 11 is 0. The van der Waals surface area contributed by atoms with Gasteiger partial charge in [-0.2, -0.15) is 0 Å². The average Bonchev–Trinajstić information content (AvgIpc) is 2.99. The lowest BCUT2D eigenvalue weighted by Gasteiger charge is -2.42. The van der Waals surface area contributed by atoms with Crippen LogP contribution >= 0.6 is 0 Å². The van der Waals surface area contributed by atoms with Gasteiger partial charge in [0.1, 0.15) is 5.60 Å². The molecular formula is C44H94N2O4Si2. The molecule has 0 spiro atoms. The van der Waals surface area contributed by atoms with Gasteiger partial charge in [-0.3, -0.25) is 4.90 Å². The Labute approximate surface area is 328 Å². The number of carbonyl (C=O) groups is 1. The summed E-state index contributed by atoms with van der Waals surface area (Å²) in [6.45, 7) is 37.5. The van der Waals surface area contributed by atoms with Gasteiger partial charge in [-0.25, -0.2) is 4.79 Å². The average molecular weight is 771 g/mol. The smallest absolute Gasteiger partial charge is 0.407 e. The standard InChI is InChI=1S/C44H94N2O4Si2/c1-16-18-20-22-24-26-28-30-33-39(49-51(12,13)43(6,7)8)37-46(36-32-35-45-41(47)48-42(3,4)5)38-40(50-52(14,15)44(9,10)11)34-31-29-27-25-23-21-19-17-2/h39-40H,16-38H2,1-15H3,(H,45,47). The maximum atomic E-state index is 12.5. The number of nitrogens with zero attached hydrogens (tertiary/aromatic N) is 1. The van der Waals surface area contributed by atoms with Gasteiger partial charge in [0.05, 0.1) is 12.2 Å². The lowest BCUT2D eigenvalue weighted by molar-refractivity contribution is 0.0512. The van der Waals surface area contributed by atoms with E-state index in [9.17, 15) is 4.79 Å². The molecule has 0 saturated heterocycles. The van der Waals surface area contributed by atoms with Crippen molar-refractivity contribution in [1.82, 2.24) is 10.2 Å². The van der Waals surface area contributed by atoms with Gasteiger partial charge in [0.15, 0.2) is 16.6 Å². The lowest BCUT2D eigenvalue weighted by Crippen LogP contribution is -2.50. The summed E-state index contributed by atoms with van der Waals surface area (Å²) < 4.78 is 20.1. The van der Waals surface area contributed by atoms with Crippen LogP contribution in [0.15, 0.2) is 0 Å². The van der Waals surface area contributed by atoms with Crippen LogP contribution in [0.4, 0.5) is 4.79 Å². The first-order valence-corrected chi connectivity index (χ1v) is 27.9. The van der Waals surface area contributed by atoms with Crippen molar-refractivity contribution in [1.29, 1.82) is 0 Å². The van der Waals surface area contributed by atoms with Crippen LogP contribution in [0.2, 0.25) is 36.3 Å². The molecule has 0 bridgehead atoms. The Kier molecular flexibility index (Phi) is 26.2. The summed E-state index contributed by atoms with van der Waals surface area (Å²) in [5.74, 6) is 0. The van der Waals surface area contributed by atoms with Gasteiger partial charge in [-0.05, 0) is 76.3 Å². The van der Waals surface area contributed by atoms with Crippen molar-refractivity contribution in [2.45, 2.75) is 252 Å². The first-order chi connectivity index (χ1) is 24.0. The number of alkyl carbamates (subject to hydrolysis) is 1. The monoisotopic (exact) mass is 771 g/mol. The number of carbonyl (C=O) groups excluding carboxylic acids is 1. The van der Waals surface area contributed by atoms with E-state index in [2.05, 4.69) is 91.8 Å². The van der Waals surface area contributed by atoms with Crippen LogP contribution < -0.4 is 5.32 Å². The number of ether oxygens (including phenoxy) is 1. The zero-order chi connectivity index (χ0) is 39.9. The predicted octanol–water partition coefficient (Wildman–Crippen LogP) is 14.0. The Morgan fingerprint density at radius 3 is 1.23 bits per heavy atom. The van der Waals surface area contributed by atoms with Crippen LogP contribution in [0.25, 0.3) is 0 Å². The van der Waals surface area contributed by atoms with Gasteiger partial charge < -0.3 is 18.9 Å². The molecule has 0 heterocycles. The third-order valence-electron chi connectivity index (χ3n) is 11.5. The summed E-state index contributed by atoms with van der Waals surface area (Å²) in [7, 11) is -3.94.